The van der Waals surface area contributed by atoms with Gasteiger partial charge in [-0.3, -0.25) is 0 Å². The third-order valence-electron chi connectivity index (χ3n) is 2.57. The van der Waals surface area contributed by atoms with Crippen molar-refractivity contribution in [3.63, 3.8) is 0 Å². The van der Waals surface area contributed by atoms with Gasteiger partial charge in [-0.05, 0) is 18.6 Å². The predicted octanol–water partition coefficient (Wildman–Crippen LogP) is 2.48. The van der Waals surface area contributed by atoms with Gasteiger partial charge in [0.05, 0.1) is 0 Å². The van der Waals surface area contributed by atoms with E-state index < -0.39 is 0 Å². The Morgan fingerprint density at radius 3 is 3.12 bits per heavy atom. The standard InChI is InChI=1S/C10H15ClN4S/c1-12-8-9(11)14-6-15-10(8)13-5-7-3-2-4-16-7/h6-7,12H,2-5H2,1H3,(H,13,14,15). The van der Waals surface area contributed by atoms with Gasteiger partial charge in [-0.2, -0.15) is 11.8 Å². The van der Waals surface area contributed by atoms with E-state index in [-0.39, 0.29) is 0 Å². The Hall–Kier alpha value is -0.680. The van der Waals surface area contributed by atoms with Crippen LogP contribution in [0.4, 0.5) is 11.5 Å². The molecule has 0 saturated carbocycles. The molecule has 1 atom stereocenters. The number of nitrogens with zero attached hydrogens (tertiary/aromatic N) is 2. The number of nitrogens with one attached hydrogen (secondary N) is 2. The summed E-state index contributed by atoms with van der Waals surface area (Å²) >= 11 is 7.99. The first kappa shape index (κ1) is 11.8. The molecule has 6 heteroatoms. The Balaban J connectivity index is 2.00. The molecule has 0 aliphatic carbocycles. The van der Waals surface area contributed by atoms with Crippen molar-refractivity contribution >= 4 is 34.9 Å². The van der Waals surface area contributed by atoms with Crippen molar-refractivity contribution in [1.29, 1.82) is 0 Å². The highest BCUT2D eigenvalue weighted by Crippen LogP contribution is 2.29. The van der Waals surface area contributed by atoms with Crippen molar-refractivity contribution in [3.05, 3.63) is 11.5 Å². The summed E-state index contributed by atoms with van der Waals surface area (Å²) in [7, 11) is 1.82. The fraction of sp³-hybridized carbons (Fsp3) is 0.600. The highest BCUT2D eigenvalue weighted by molar-refractivity contribution is 8.00. The van der Waals surface area contributed by atoms with E-state index in [9.17, 15) is 0 Å². The summed E-state index contributed by atoms with van der Waals surface area (Å²) in [5.41, 5.74) is 0.771. The number of hydrogen-bond donors (Lipinski definition) is 2. The average Bonchev–Trinajstić information content (AvgIpc) is 2.79. The summed E-state index contributed by atoms with van der Waals surface area (Å²) in [5, 5.41) is 7.49. The molecule has 0 spiro atoms. The predicted molar refractivity (Wildman–Crippen MR) is 70.6 cm³/mol. The lowest BCUT2D eigenvalue weighted by molar-refractivity contribution is 0.803. The maximum absolute atomic E-state index is 5.97. The molecule has 16 heavy (non-hydrogen) atoms. The Morgan fingerprint density at radius 2 is 2.44 bits per heavy atom. The van der Waals surface area contributed by atoms with Crippen molar-refractivity contribution in [2.75, 3.05) is 30.0 Å². The zero-order chi connectivity index (χ0) is 11.4. The zero-order valence-electron chi connectivity index (χ0n) is 9.16. The first-order chi connectivity index (χ1) is 7.81. The second-order valence-electron chi connectivity index (χ2n) is 3.65. The summed E-state index contributed by atoms with van der Waals surface area (Å²) < 4.78 is 0. The number of rotatable bonds is 4. The molecular weight excluding hydrogens is 244 g/mol. The van der Waals surface area contributed by atoms with Gasteiger partial charge < -0.3 is 10.6 Å². The van der Waals surface area contributed by atoms with Gasteiger partial charge in [0, 0.05) is 18.8 Å². The van der Waals surface area contributed by atoms with E-state index in [4.69, 9.17) is 11.6 Å². The summed E-state index contributed by atoms with van der Waals surface area (Å²) in [5.74, 6) is 2.06. The van der Waals surface area contributed by atoms with Gasteiger partial charge in [-0.15, -0.1) is 0 Å². The lowest BCUT2D eigenvalue weighted by Gasteiger charge is -2.13. The van der Waals surface area contributed by atoms with Gasteiger partial charge in [-0.1, -0.05) is 11.6 Å². The summed E-state index contributed by atoms with van der Waals surface area (Å²) in [6, 6.07) is 0. The van der Waals surface area contributed by atoms with Crippen LogP contribution in [0.1, 0.15) is 12.8 Å². The molecule has 1 fully saturated rings. The number of aromatic nitrogens is 2. The van der Waals surface area contributed by atoms with E-state index in [2.05, 4.69) is 20.6 Å². The van der Waals surface area contributed by atoms with Gasteiger partial charge in [-0.25, -0.2) is 9.97 Å². The monoisotopic (exact) mass is 258 g/mol. The first-order valence-electron chi connectivity index (χ1n) is 5.35. The number of hydrogen-bond acceptors (Lipinski definition) is 5. The molecular formula is C10H15ClN4S. The maximum Gasteiger partial charge on any atom is 0.157 e. The first-order valence-corrected chi connectivity index (χ1v) is 6.77. The SMILES string of the molecule is CNc1c(Cl)ncnc1NCC1CCCS1. The van der Waals surface area contributed by atoms with Gasteiger partial charge in [0.2, 0.25) is 0 Å². The minimum Gasteiger partial charge on any atom is -0.383 e. The number of halogens is 1. The van der Waals surface area contributed by atoms with Crippen molar-refractivity contribution in [2.45, 2.75) is 18.1 Å². The van der Waals surface area contributed by atoms with Crippen LogP contribution in [0.25, 0.3) is 0 Å². The summed E-state index contributed by atoms with van der Waals surface area (Å²) in [6.07, 6.45) is 4.08. The Bertz CT molecular complexity index is 355. The van der Waals surface area contributed by atoms with Crippen molar-refractivity contribution in [3.8, 4) is 0 Å². The van der Waals surface area contributed by atoms with E-state index in [1.165, 1.54) is 24.9 Å². The van der Waals surface area contributed by atoms with Crippen molar-refractivity contribution in [2.24, 2.45) is 0 Å². The van der Waals surface area contributed by atoms with Gasteiger partial charge in [0.25, 0.3) is 0 Å². The lowest BCUT2D eigenvalue weighted by atomic mass is 10.2. The molecule has 0 radical (unpaired) electrons. The quantitative estimate of drug-likeness (QED) is 0.813. The molecule has 1 aliphatic rings. The molecule has 1 aromatic rings. The van der Waals surface area contributed by atoms with E-state index >= 15 is 0 Å². The van der Waals surface area contributed by atoms with Gasteiger partial charge in [0.1, 0.15) is 12.0 Å². The lowest BCUT2D eigenvalue weighted by Crippen LogP contribution is -2.15. The highest BCUT2D eigenvalue weighted by Gasteiger charge is 2.16. The highest BCUT2D eigenvalue weighted by atomic mass is 35.5. The molecule has 1 saturated heterocycles. The van der Waals surface area contributed by atoms with Crippen LogP contribution in [0, 0.1) is 0 Å². The zero-order valence-corrected chi connectivity index (χ0v) is 10.7. The molecule has 4 nitrogen and oxygen atoms in total. The van der Waals surface area contributed by atoms with Crippen molar-refractivity contribution < 1.29 is 0 Å². The molecule has 0 bridgehead atoms. The van der Waals surface area contributed by atoms with E-state index in [0.717, 1.165) is 18.1 Å². The largest absolute Gasteiger partial charge is 0.383 e. The topological polar surface area (TPSA) is 49.8 Å². The second kappa shape index (κ2) is 5.59. The fourth-order valence-electron chi connectivity index (χ4n) is 1.74. The Kier molecular flexibility index (Phi) is 4.12. The van der Waals surface area contributed by atoms with E-state index in [1.54, 1.807) is 0 Å². The normalized spacial score (nSPS) is 19.8. The van der Waals surface area contributed by atoms with Crippen LogP contribution < -0.4 is 10.6 Å². The molecule has 0 amide bonds. The third kappa shape index (κ3) is 2.71. The van der Waals surface area contributed by atoms with Crippen LogP contribution >= 0.6 is 23.4 Å². The molecule has 1 aromatic heterocycles. The molecule has 88 valence electrons. The van der Waals surface area contributed by atoms with Crippen LogP contribution in [0.15, 0.2) is 6.33 Å². The number of anilines is 2. The molecule has 2 heterocycles. The third-order valence-corrected chi connectivity index (χ3v) is 4.26. The van der Waals surface area contributed by atoms with Crippen LogP contribution in [0.5, 0.6) is 0 Å². The second-order valence-corrected chi connectivity index (χ2v) is 5.42. The minimum atomic E-state index is 0.457. The van der Waals surface area contributed by atoms with Crippen LogP contribution in [0.2, 0.25) is 5.15 Å². The smallest absolute Gasteiger partial charge is 0.157 e. The minimum absolute atomic E-state index is 0.457. The van der Waals surface area contributed by atoms with Crippen LogP contribution in [-0.4, -0.2) is 34.6 Å². The molecule has 1 unspecified atom stereocenters. The van der Waals surface area contributed by atoms with E-state index in [0.29, 0.717) is 10.4 Å². The van der Waals surface area contributed by atoms with Gasteiger partial charge >= 0.3 is 0 Å². The number of thioether (sulfide) groups is 1. The van der Waals surface area contributed by atoms with Crippen LogP contribution in [0.3, 0.4) is 0 Å². The summed E-state index contributed by atoms with van der Waals surface area (Å²) in [4.78, 5) is 8.13. The molecule has 2 rings (SSSR count). The Labute approximate surface area is 105 Å². The molecule has 1 aliphatic heterocycles. The fourth-order valence-corrected chi connectivity index (χ4v) is 3.16. The maximum atomic E-state index is 5.97. The van der Waals surface area contributed by atoms with Crippen LogP contribution in [-0.2, 0) is 0 Å². The molecule has 0 aromatic carbocycles. The van der Waals surface area contributed by atoms with Crippen molar-refractivity contribution in [1.82, 2.24) is 9.97 Å². The van der Waals surface area contributed by atoms with Gasteiger partial charge in [0.15, 0.2) is 11.0 Å². The van der Waals surface area contributed by atoms with E-state index in [1.807, 2.05) is 18.8 Å². The molecule has 2 N–H and O–H groups in total. The summed E-state index contributed by atoms with van der Waals surface area (Å²) in [6.45, 7) is 0.937. The Morgan fingerprint density at radius 1 is 1.56 bits per heavy atom. The average molecular weight is 259 g/mol.